The number of fused-ring (bicyclic) bond motifs is 1. The first-order valence-corrected chi connectivity index (χ1v) is 6.75. The minimum absolute atomic E-state index is 0.582. The fourth-order valence-corrected chi connectivity index (χ4v) is 2.10. The van der Waals surface area contributed by atoms with E-state index in [0.29, 0.717) is 25.6 Å². The van der Waals surface area contributed by atoms with E-state index in [9.17, 15) is 0 Å². The highest BCUT2D eigenvalue weighted by atomic mass is 16.5. The lowest BCUT2D eigenvalue weighted by Crippen LogP contribution is -2.03. The summed E-state index contributed by atoms with van der Waals surface area (Å²) in [6.45, 7) is 7.67. The monoisotopic (exact) mass is 260 g/mol. The van der Waals surface area contributed by atoms with E-state index in [1.54, 1.807) is 0 Å². The number of hydrogen-bond donors (Lipinski definition) is 0. The Kier molecular flexibility index (Phi) is 4.50. The Morgan fingerprint density at radius 3 is 2.11 bits per heavy atom. The van der Waals surface area contributed by atoms with E-state index in [1.165, 1.54) is 0 Å². The van der Waals surface area contributed by atoms with Gasteiger partial charge in [-0.3, -0.25) is 0 Å². The van der Waals surface area contributed by atoms with Gasteiger partial charge in [-0.1, -0.05) is 24.3 Å². The molecule has 0 aliphatic carbocycles. The van der Waals surface area contributed by atoms with Gasteiger partial charge < -0.3 is 14.2 Å². The molecule has 0 unspecified atom stereocenters. The minimum atomic E-state index is 0.582. The van der Waals surface area contributed by atoms with E-state index in [0.717, 1.165) is 22.3 Å². The van der Waals surface area contributed by atoms with Gasteiger partial charge in [-0.15, -0.1) is 0 Å². The first-order chi connectivity index (χ1) is 9.31. The third-order valence-corrected chi connectivity index (χ3v) is 2.80. The zero-order chi connectivity index (χ0) is 13.7. The maximum absolute atomic E-state index is 5.78. The molecule has 102 valence electrons. The van der Waals surface area contributed by atoms with Crippen molar-refractivity contribution in [2.24, 2.45) is 0 Å². The smallest absolute Gasteiger partial charge is 0.204 e. The molecule has 2 rings (SSSR count). The van der Waals surface area contributed by atoms with E-state index >= 15 is 0 Å². The summed E-state index contributed by atoms with van der Waals surface area (Å²) >= 11 is 0. The predicted molar refractivity (Wildman–Crippen MR) is 77.5 cm³/mol. The van der Waals surface area contributed by atoms with Crippen LogP contribution in [0.1, 0.15) is 20.8 Å². The fraction of sp³-hybridized carbons (Fsp3) is 0.375. The molecule has 0 atom stereocenters. The van der Waals surface area contributed by atoms with Gasteiger partial charge in [0.15, 0.2) is 11.5 Å². The average molecular weight is 260 g/mol. The van der Waals surface area contributed by atoms with Gasteiger partial charge in [0.05, 0.1) is 19.8 Å². The maximum atomic E-state index is 5.78. The predicted octanol–water partition coefficient (Wildman–Crippen LogP) is 4.04. The molecule has 2 aromatic rings. The normalized spacial score (nSPS) is 10.5. The van der Waals surface area contributed by atoms with Crippen molar-refractivity contribution in [3.63, 3.8) is 0 Å². The second kappa shape index (κ2) is 6.32. The van der Waals surface area contributed by atoms with E-state index in [-0.39, 0.29) is 0 Å². The summed E-state index contributed by atoms with van der Waals surface area (Å²) in [6.07, 6.45) is 0. The molecule has 2 aromatic carbocycles. The molecule has 0 aromatic heterocycles. The molecule has 0 aliphatic heterocycles. The van der Waals surface area contributed by atoms with Crippen LogP contribution in [0.15, 0.2) is 30.3 Å². The largest absolute Gasteiger partial charge is 0.490 e. The molecule has 3 nitrogen and oxygen atoms in total. The van der Waals surface area contributed by atoms with Gasteiger partial charge in [-0.05, 0) is 32.2 Å². The van der Waals surface area contributed by atoms with Crippen molar-refractivity contribution in [2.75, 3.05) is 19.8 Å². The van der Waals surface area contributed by atoms with Crippen molar-refractivity contribution < 1.29 is 14.2 Å². The third-order valence-electron chi connectivity index (χ3n) is 2.80. The summed E-state index contributed by atoms with van der Waals surface area (Å²) in [6, 6.07) is 10.1. The van der Waals surface area contributed by atoms with Crippen molar-refractivity contribution in [3.8, 4) is 17.2 Å². The Labute approximate surface area is 114 Å². The van der Waals surface area contributed by atoms with E-state index < -0.39 is 0 Å². The second-order valence-electron chi connectivity index (χ2n) is 4.05. The molecule has 0 radical (unpaired) electrons. The molecule has 0 bridgehead atoms. The summed E-state index contributed by atoms with van der Waals surface area (Å²) in [5, 5.41) is 2.15. The lowest BCUT2D eigenvalue weighted by atomic mass is 10.1. The first kappa shape index (κ1) is 13.5. The Morgan fingerprint density at radius 1 is 0.789 bits per heavy atom. The van der Waals surface area contributed by atoms with E-state index in [2.05, 4.69) is 6.07 Å². The minimum Gasteiger partial charge on any atom is -0.490 e. The summed E-state index contributed by atoms with van der Waals surface area (Å²) in [5.74, 6) is 2.21. The van der Waals surface area contributed by atoms with Crippen molar-refractivity contribution in [3.05, 3.63) is 30.3 Å². The lowest BCUT2D eigenvalue weighted by molar-refractivity contribution is 0.263. The van der Waals surface area contributed by atoms with Crippen LogP contribution >= 0.6 is 0 Å². The molecule has 0 heterocycles. The Bertz CT molecular complexity index is 549. The Hall–Kier alpha value is -1.90. The van der Waals surface area contributed by atoms with Crippen molar-refractivity contribution in [1.82, 2.24) is 0 Å². The van der Waals surface area contributed by atoms with Gasteiger partial charge in [0, 0.05) is 5.39 Å². The van der Waals surface area contributed by atoms with Crippen LogP contribution in [-0.2, 0) is 0 Å². The molecule has 0 saturated carbocycles. The summed E-state index contributed by atoms with van der Waals surface area (Å²) in [7, 11) is 0. The topological polar surface area (TPSA) is 27.7 Å². The highest BCUT2D eigenvalue weighted by molar-refractivity contribution is 5.93. The van der Waals surface area contributed by atoms with Crippen LogP contribution in [0.4, 0.5) is 0 Å². The van der Waals surface area contributed by atoms with E-state index in [1.807, 2.05) is 45.0 Å². The van der Waals surface area contributed by atoms with Gasteiger partial charge in [0.1, 0.15) is 0 Å². The number of ether oxygens (including phenoxy) is 3. The van der Waals surface area contributed by atoms with Crippen LogP contribution in [-0.4, -0.2) is 19.8 Å². The van der Waals surface area contributed by atoms with Crippen molar-refractivity contribution in [2.45, 2.75) is 20.8 Å². The third kappa shape index (κ3) is 2.75. The molecular weight excluding hydrogens is 240 g/mol. The molecule has 0 amide bonds. The standard InChI is InChI=1S/C16H20O3/c1-4-17-14-11-12-9-7-8-10-13(12)15(18-5-2)16(14)19-6-3/h7-11H,4-6H2,1-3H3. The average Bonchev–Trinajstić information content (AvgIpc) is 2.43. The van der Waals surface area contributed by atoms with Gasteiger partial charge in [0.2, 0.25) is 5.75 Å². The van der Waals surface area contributed by atoms with Crippen LogP contribution < -0.4 is 14.2 Å². The zero-order valence-corrected chi connectivity index (χ0v) is 11.7. The molecule has 0 N–H and O–H groups in total. The van der Waals surface area contributed by atoms with Gasteiger partial charge in [-0.2, -0.15) is 0 Å². The molecule has 3 heteroatoms. The summed E-state index contributed by atoms with van der Waals surface area (Å²) in [4.78, 5) is 0. The van der Waals surface area contributed by atoms with Crippen LogP contribution in [0.3, 0.4) is 0 Å². The molecule has 19 heavy (non-hydrogen) atoms. The quantitative estimate of drug-likeness (QED) is 0.784. The fourth-order valence-electron chi connectivity index (χ4n) is 2.10. The second-order valence-corrected chi connectivity index (χ2v) is 4.05. The number of hydrogen-bond acceptors (Lipinski definition) is 3. The van der Waals surface area contributed by atoms with Crippen molar-refractivity contribution >= 4 is 10.8 Å². The summed E-state index contributed by atoms with van der Waals surface area (Å²) in [5.41, 5.74) is 0. The SMILES string of the molecule is CCOc1cc2ccccc2c(OCC)c1OCC. The Balaban J connectivity index is 2.67. The van der Waals surface area contributed by atoms with Crippen LogP contribution in [0.5, 0.6) is 17.2 Å². The van der Waals surface area contributed by atoms with Gasteiger partial charge >= 0.3 is 0 Å². The molecule has 0 aliphatic rings. The van der Waals surface area contributed by atoms with Crippen LogP contribution in [0.25, 0.3) is 10.8 Å². The Morgan fingerprint density at radius 2 is 1.42 bits per heavy atom. The lowest BCUT2D eigenvalue weighted by Gasteiger charge is -2.17. The van der Waals surface area contributed by atoms with Crippen molar-refractivity contribution in [1.29, 1.82) is 0 Å². The first-order valence-electron chi connectivity index (χ1n) is 6.75. The molecule has 0 saturated heterocycles. The van der Waals surface area contributed by atoms with E-state index in [4.69, 9.17) is 14.2 Å². The van der Waals surface area contributed by atoms with Gasteiger partial charge in [0.25, 0.3) is 0 Å². The maximum Gasteiger partial charge on any atom is 0.204 e. The number of benzene rings is 2. The molecular formula is C16H20O3. The molecule has 0 fully saturated rings. The number of rotatable bonds is 6. The summed E-state index contributed by atoms with van der Waals surface area (Å²) < 4.78 is 17.2. The van der Waals surface area contributed by atoms with Gasteiger partial charge in [-0.25, -0.2) is 0 Å². The highest BCUT2D eigenvalue weighted by Gasteiger charge is 2.16. The highest BCUT2D eigenvalue weighted by Crippen LogP contribution is 2.43. The van der Waals surface area contributed by atoms with Crippen LogP contribution in [0.2, 0.25) is 0 Å². The molecule has 0 spiro atoms. The zero-order valence-electron chi connectivity index (χ0n) is 11.7. The van der Waals surface area contributed by atoms with Crippen LogP contribution in [0, 0.1) is 0 Å².